The van der Waals surface area contributed by atoms with Crippen LogP contribution in [-0.4, -0.2) is 34.7 Å². The Kier molecular flexibility index (Phi) is 7.27. The summed E-state index contributed by atoms with van der Waals surface area (Å²) in [5.41, 5.74) is 0. The highest BCUT2D eigenvalue weighted by Gasteiger charge is 2.16. The van der Waals surface area contributed by atoms with E-state index in [-0.39, 0.29) is 6.54 Å². The van der Waals surface area contributed by atoms with Crippen LogP contribution in [0.4, 0.5) is 0 Å². The normalized spacial score (nSPS) is 12.9. The highest BCUT2D eigenvalue weighted by molar-refractivity contribution is 5.75. The van der Waals surface area contributed by atoms with Gasteiger partial charge < -0.3 is 10.2 Å². The fourth-order valence-electron chi connectivity index (χ4n) is 1.07. The number of aliphatic carboxylic acids is 2. The van der Waals surface area contributed by atoms with E-state index >= 15 is 0 Å². The molecule has 5 nitrogen and oxygen atoms in total. The van der Waals surface area contributed by atoms with E-state index in [4.69, 9.17) is 10.2 Å². The molecule has 0 aromatic heterocycles. The van der Waals surface area contributed by atoms with Crippen molar-refractivity contribution >= 4 is 11.9 Å². The summed E-state index contributed by atoms with van der Waals surface area (Å²) in [6.45, 7) is 1.67. The number of nitrogens with one attached hydrogen (secondary N) is 1. The predicted molar refractivity (Wildman–Crippen MR) is 55.7 cm³/mol. The highest BCUT2D eigenvalue weighted by atomic mass is 16.4. The van der Waals surface area contributed by atoms with Crippen molar-refractivity contribution in [3.8, 4) is 0 Å². The minimum atomic E-state index is -1.05. The van der Waals surface area contributed by atoms with Gasteiger partial charge in [0.2, 0.25) is 0 Å². The van der Waals surface area contributed by atoms with Gasteiger partial charge in [-0.25, -0.2) is 0 Å². The van der Waals surface area contributed by atoms with Crippen LogP contribution >= 0.6 is 0 Å². The van der Waals surface area contributed by atoms with E-state index in [1.54, 1.807) is 0 Å². The molecule has 0 aromatic rings. The Hall–Kier alpha value is -1.36. The van der Waals surface area contributed by atoms with E-state index in [1.807, 2.05) is 19.1 Å². The number of carboxylic acid groups (broad SMARTS) is 2. The second-order valence-corrected chi connectivity index (χ2v) is 3.12. The van der Waals surface area contributed by atoms with Gasteiger partial charge in [-0.1, -0.05) is 19.1 Å². The molecule has 0 rings (SSSR count). The Morgan fingerprint density at radius 2 is 2.00 bits per heavy atom. The summed E-state index contributed by atoms with van der Waals surface area (Å²) in [6.07, 6.45) is 5.81. The molecule has 1 atom stereocenters. The van der Waals surface area contributed by atoms with Crippen molar-refractivity contribution in [2.75, 3.05) is 6.54 Å². The third-order valence-corrected chi connectivity index (χ3v) is 1.82. The number of carboxylic acids is 2. The molecular formula is C10H17NO4. The molecule has 0 radical (unpaired) electrons. The molecule has 1 unspecified atom stereocenters. The second kappa shape index (κ2) is 7.99. The first-order valence-corrected chi connectivity index (χ1v) is 4.91. The Morgan fingerprint density at radius 1 is 1.33 bits per heavy atom. The van der Waals surface area contributed by atoms with Gasteiger partial charge in [-0.3, -0.25) is 14.9 Å². The molecule has 0 saturated heterocycles. The van der Waals surface area contributed by atoms with Crippen molar-refractivity contribution in [3.05, 3.63) is 12.2 Å². The van der Waals surface area contributed by atoms with E-state index in [2.05, 4.69) is 5.32 Å². The van der Waals surface area contributed by atoms with Crippen LogP contribution in [0.15, 0.2) is 12.2 Å². The van der Waals surface area contributed by atoms with Gasteiger partial charge >= 0.3 is 11.9 Å². The molecule has 0 bridgehead atoms. The summed E-state index contributed by atoms with van der Waals surface area (Å²) < 4.78 is 0. The Balaban J connectivity index is 3.88. The van der Waals surface area contributed by atoms with Crippen molar-refractivity contribution in [3.63, 3.8) is 0 Å². The SMILES string of the molecule is CC/C=C/CCC(NCC(=O)O)C(=O)O. The topological polar surface area (TPSA) is 86.6 Å². The van der Waals surface area contributed by atoms with Crippen molar-refractivity contribution < 1.29 is 19.8 Å². The summed E-state index contributed by atoms with van der Waals surface area (Å²) in [5.74, 6) is -2.06. The van der Waals surface area contributed by atoms with Gasteiger partial charge in [0, 0.05) is 0 Å². The van der Waals surface area contributed by atoms with Crippen LogP contribution in [0.3, 0.4) is 0 Å². The van der Waals surface area contributed by atoms with Crippen LogP contribution in [0.5, 0.6) is 0 Å². The van der Waals surface area contributed by atoms with Crippen molar-refractivity contribution in [2.24, 2.45) is 0 Å². The average Bonchev–Trinajstić information content (AvgIpc) is 2.15. The third kappa shape index (κ3) is 7.69. The molecule has 3 N–H and O–H groups in total. The Labute approximate surface area is 88.8 Å². The first kappa shape index (κ1) is 13.6. The molecule has 0 fully saturated rings. The average molecular weight is 215 g/mol. The zero-order valence-corrected chi connectivity index (χ0v) is 8.77. The fraction of sp³-hybridized carbons (Fsp3) is 0.600. The monoisotopic (exact) mass is 215 g/mol. The van der Waals surface area contributed by atoms with E-state index < -0.39 is 18.0 Å². The fourth-order valence-corrected chi connectivity index (χ4v) is 1.07. The number of allylic oxidation sites excluding steroid dienone is 2. The zero-order valence-electron chi connectivity index (χ0n) is 8.77. The van der Waals surface area contributed by atoms with E-state index in [1.165, 1.54) is 0 Å². The maximum absolute atomic E-state index is 10.7. The Morgan fingerprint density at radius 3 is 2.47 bits per heavy atom. The van der Waals surface area contributed by atoms with Gasteiger partial charge in [0.1, 0.15) is 6.04 Å². The van der Waals surface area contributed by atoms with Crippen LogP contribution in [0.1, 0.15) is 26.2 Å². The molecule has 86 valence electrons. The summed E-state index contributed by atoms with van der Waals surface area (Å²) in [7, 11) is 0. The summed E-state index contributed by atoms with van der Waals surface area (Å²) in [4.78, 5) is 20.9. The standard InChI is InChI=1S/C10H17NO4/c1-2-3-4-5-6-8(10(14)15)11-7-9(12)13/h3-4,8,11H,2,5-7H2,1H3,(H,12,13)(H,14,15)/b4-3+. The van der Waals surface area contributed by atoms with Crippen LogP contribution in [0.25, 0.3) is 0 Å². The van der Waals surface area contributed by atoms with Gasteiger partial charge in [0.05, 0.1) is 6.54 Å². The van der Waals surface area contributed by atoms with E-state index in [9.17, 15) is 9.59 Å². The van der Waals surface area contributed by atoms with Crippen LogP contribution in [0.2, 0.25) is 0 Å². The molecule has 0 aliphatic rings. The maximum atomic E-state index is 10.7. The Bertz CT molecular complexity index is 238. The lowest BCUT2D eigenvalue weighted by Gasteiger charge is -2.11. The van der Waals surface area contributed by atoms with Gasteiger partial charge in [-0.15, -0.1) is 0 Å². The van der Waals surface area contributed by atoms with Gasteiger partial charge in [-0.2, -0.15) is 0 Å². The molecule has 0 spiro atoms. The molecule has 0 saturated carbocycles. The lowest BCUT2D eigenvalue weighted by atomic mass is 10.1. The van der Waals surface area contributed by atoms with Gasteiger partial charge in [-0.05, 0) is 19.3 Å². The summed E-state index contributed by atoms with van der Waals surface area (Å²) in [5, 5.41) is 19.6. The number of carbonyl (C=O) groups is 2. The van der Waals surface area contributed by atoms with E-state index in [0.717, 1.165) is 6.42 Å². The molecule has 15 heavy (non-hydrogen) atoms. The molecule has 0 aromatic carbocycles. The van der Waals surface area contributed by atoms with Crippen LogP contribution in [-0.2, 0) is 9.59 Å². The smallest absolute Gasteiger partial charge is 0.320 e. The minimum Gasteiger partial charge on any atom is -0.480 e. The molecule has 0 aliphatic heterocycles. The van der Waals surface area contributed by atoms with E-state index in [0.29, 0.717) is 12.8 Å². The molecule has 0 aliphatic carbocycles. The summed E-state index contributed by atoms with van der Waals surface area (Å²) in [6, 6.07) is -0.789. The molecule has 0 heterocycles. The van der Waals surface area contributed by atoms with Crippen LogP contribution < -0.4 is 5.32 Å². The second-order valence-electron chi connectivity index (χ2n) is 3.12. The first-order valence-electron chi connectivity index (χ1n) is 4.91. The van der Waals surface area contributed by atoms with Crippen LogP contribution in [0, 0.1) is 0 Å². The maximum Gasteiger partial charge on any atom is 0.320 e. The first-order chi connectivity index (χ1) is 7.07. The lowest BCUT2D eigenvalue weighted by Crippen LogP contribution is -2.39. The predicted octanol–water partition coefficient (Wildman–Crippen LogP) is 0.860. The third-order valence-electron chi connectivity index (χ3n) is 1.82. The summed E-state index contributed by atoms with van der Waals surface area (Å²) >= 11 is 0. The number of hydrogen-bond donors (Lipinski definition) is 3. The number of rotatable bonds is 8. The van der Waals surface area contributed by atoms with Crippen molar-refractivity contribution in [1.29, 1.82) is 0 Å². The van der Waals surface area contributed by atoms with Crippen molar-refractivity contribution in [1.82, 2.24) is 5.32 Å². The zero-order chi connectivity index (χ0) is 11.7. The van der Waals surface area contributed by atoms with Gasteiger partial charge in [0.25, 0.3) is 0 Å². The molecular weight excluding hydrogens is 198 g/mol. The lowest BCUT2D eigenvalue weighted by molar-refractivity contribution is -0.140. The highest BCUT2D eigenvalue weighted by Crippen LogP contribution is 1.99. The molecule has 0 amide bonds. The molecule has 5 heteroatoms. The number of hydrogen-bond acceptors (Lipinski definition) is 3. The van der Waals surface area contributed by atoms with Gasteiger partial charge in [0.15, 0.2) is 0 Å². The van der Waals surface area contributed by atoms with Crippen molar-refractivity contribution in [2.45, 2.75) is 32.2 Å². The quantitative estimate of drug-likeness (QED) is 0.523. The largest absolute Gasteiger partial charge is 0.480 e. The minimum absolute atomic E-state index is 0.325.